The molecule has 1 unspecified atom stereocenters. The minimum atomic E-state index is -0.151. The molecule has 4 heterocycles. The third-order valence-electron chi connectivity index (χ3n) is 6.47. The molecule has 0 aromatic carbocycles. The van der Waals surface area contributed by atoms with Gasteiger partial charge in [0.15, 0.2) is 5.65 Å². The van der Waals surface area contributed by atoms with Crippen LogP contribution in [0.5, 0.6) is 0 Å². The average molecular weight is 414 g/mol. The number of fused-ring (bicyclic) bond motifs is 1. The number of aromatic amines is 1. The molecular weight excluding hydrogens is 382 g/mol. The van der Waals surface area contributed by atoms with Gasteiger partial charge in [0.1, 0.15) is 0 Å². The summed E-state index contributed by atoms with van der Waals surface area (Å²) in [5, 5.41) is 3.19. The highest BCUT2D eigenvalue weighted by Gasteiger charge is 2.30. The van der Waals surface area contributed by atoms with E-state index in [0.717, 1.165) is 51.0 Å². The number of piperidine rings is 1. The van der Waals surface area contributed by atoms with E-state index in [0.29, 0.717) is 36.2 Å². The lowest BCUT2D eigenvalue weighted by Gasteiger charge is -2.26. The van der Waals surface area contributed by atoms with Gasteiger partial charge >= 0.3 is 0 Å². The topological polar surface area (TPSA) is 90.8 Å². The minimum Gasteiger partial charge on any atom is -0.343 e. The molecule has 8 nitrogen and oxygen atoms in total. The fraction of sp³-hybridized carbons (Fsp3) is 0.636. The summed E-state index contributed by atoms with van der Waals surface area (Å²) in [5.41, 5.74) is 2.51. The van der Waals surface area contributed by atoms with Gasteiger partial charge in [0, 0.05) is 49.8 Å². The highest BCUT2D eigenvalue weighted by Crippen LogP contribution is 2.31. The van der Waals surface area contributed by atoms with E-state index in [9.17, 15) is 14.4 Å². The van der Waals surface area contributed by atoms with E-state index in [1.54, 1.807) is 0 Å². The van der Waals surface area contributed by atoms with Crippen molar-refractivity contribution in [3.63, 3.8) is 0 Å². The predicted octanol–water partition coefficient (Wildman–Crippen LogP) is 2.35. The molecule has 8 heteroatoms. The Balaban J connectivity index is 1.56. The van der Waals surface area contributed by atoms with Crippen molar-refractivity contribution in [2.75, 3.05) is 19.6 Å². The van der Waals surface area contributed by atoms with E-state index < -0.39 is 0 Å². The van der Waals surface area contributed by atoms with Crippen molar-refractivity contribution in [2.24, 2.45) is 0 Å². The largest absolute Gasteiger partial charge is 0.343 e. The molecule has 2 fully saturated rings. The molecule has 2 aliphatic rings. The van der Waals surface area contributed by atoms with Crippen LogP contribution in [0.4, 0.5) is 0 Å². The van der Waals surface area contributed by atoms with Gasteiger partial charge in [-0.2, -0.15) is 0 Å². The van der Waals surface area contributed by atoms with Gasteiger partial charge in [0.05, 0.1) is 11.7 Å². The molecule has 2 saturated heterocycles. The fourth-order valence-electron chi connectivity index (χ4n) is 4.77. The van der Waals surface area contributed by atoms with Crippen molar-refractivity contribution in [1.82, 2.24) is 24.4 Å². The SMILES string of the molecule is CCC(=O)N1CCCC1c1cc2nc(C)c(CCC(=O)N3CCCCC3)c(=O)n2[nH]1. The second-order valence-corrected chi connectivity index (χ2v) is 8.43. The summed E-state index contributed by atoms with van der Waals surface area (Å²) in [4.78, 5) is 46.3. The number of amides is 2. The van der Waals surface area contributed by atoms with Crippen LogP contribution in [0.2, 0.25) is 0 Å². The predicted molar refractivity (Wildman–Crippen MR) is 113 cm³/mol. The number of likely N-dealkylation sites (tertiary alicyclic amines) is 2. The molecule has 0 spiro atoms. The number of rotatable bonds is 5. The van der Waals surface area contributed by atoms with Crippen molar-refractivity contribution in [3.05, 3.63) is 33.4 Å². The van der Waals surface area contributed by atoms with E-state index in [-0.39, 0.29) is 23.4 Å². The lowest BCUT2D eigenvalue weighted by atomic mass is 10.1. The monoisotopic (exact) mass is 413 g/mol. The molecule has 4 rings (SSSR count). The highest BCUT2D eigenvalue weighted by atomic mass is 16.2. The Hall–Kier alpha value is -2.64. The van der Waals surface area contributed by atoms with Crippen molar-refractivity contribution in [1.29, 1.82) is 0 Å². The van der Waals surface area contributed by atoms with Crippen LogP contribution in [0.15, 0.2) is 10.9 Å². The summed E-state index contributed by atoms with van der Waals surface area (Å²) in [6.45, 7) is 6.09. The first kappa shape index (κ1) is 20.6. The summed E-state index contributed by atoms with van der Waals surface area (Å²) >= 11 is 0. The molecule has 1 N–H and O–H groups in total. The molecule has 2 aliphatic heterocycles. The van der Waals surface area contributed by atoms with E-state index in [2.05, 4.69) is 10.1 Å². The van der Waals surface area contributed by atoms with Crippen LogP contribution >= 0.6 is 0 Å². The Kier molecular flexibility index (Phi) is 5.92. The zero-order valence-corrected chi connectivity index (χ0v) is 17.9. The van der Waals surface area contributed by atoms with Gasteiger partial charge in [-0.3, -0.25) is 19.5 Å². The van der Waals surface area contributed by atoms with Gasteiger partial charge in [-0.1, -0.05) is 6.92 Å². The van der Waals surface area contributed by atoms with Crippen LogP contribution in [-0.2, 0) is 16.0 Å². The number of H-pyrrole nitrogens is 1. The summed E-state index contributed by atoms with van der Waals surface area (Å²) in [6, 6.07) is 1.84. The maximum Gasteiger partial charge on any atom is 0.276 e. The van der Waals surface area contributed by atoms with Crippen molar-refractivity contribution >= 4 is 17.5 Å². The summed E-state index contributed by atoms with van der Waals surface area (Å²) in [5.74, 6) is 0.245. The Morgan fingerprint density at radius 3 is 2.63 bits per heavy atom. The number of hydrogen-bond acceptors (Lipinski definition) is 4. The third kappa shape index (κ3) is 3.87. The van der Waals surface area contributed by atoms with Crippen LogP contribution in [-0.4, -0.2) is 55.8 Å². The number of aromatic nitrogens is 3. The Morgan fingerprint density at radius 1 is 1.13 bits per heavy atom. The molecule has 0 radical (unpaired) electrons. The number of aryl methyl sites for hydroxylation is 1. The first-order chi connectivity index (χ1) is 14.5. The molecule has 0 bridgehead atoms. The van der Waals surface area contributed by atoms with Crippen molar-refractivity contribution in [2.45, 2.75) is 71.3 Å². The van der Waals surface area contributed by atoms with E-state index in [1.807, 2.05) is 29.7 Å². The number of carbonyl (C=O) groups excluding carboxylic acids is 2. The van der Waals surface area contributed by atoms with Crippen LogP contribution in [0.25, 0.3) is 5.65 Å². The van der Waals surface area contributed by atoms with E-state index in [4.69, 9.17) is 0 Å². The number of nitrogens with zero attached hydrogens (tertiary/aromatic N) is 4. The standard InChI is InChI=1S/C22H31N5O3/c1-3-20(28)26-13-7-8-18(26)17-14-19-23-15(2)16(22(30)27(19)24-17)9-10-21(29)25-11-5-4-6-12-25/h14,18,24H,3-13H2,1-2H3. The van der Waals surface area contributed by atoms with E-state index in [1.165, 1.54) is 10.9 Å². The number of nitrogens with one attached hydrogen (secondary N) is 1. The normalized spacial score (nSPS) is 19.6. The van der Waals surface area contributed by atoms with Gasteiger partial charge in [-0.25, -0.2) is 9.50 Å². The first-order valence-corrected chi connectivity index (χ1v) is 11.2. The van der Waals surface area contributed by atoms with E-state index >= 15 is 0 Å². The van der Waals surface area contributed by atoms with Gasteiger partial charge in [-0.05, 0) is 45.4 Å². The molecule has 2 amide bonds. The lowest BCUT2D eigenvalue weighted by molar-refractivity contribution is -0.132. The fourth-order valence-corrected chi connectivity index (χ4v) is 4.77. The minimum absolute atomic E-state index is 0.0389. The molecule has 30 heavy (non-hydrogen) atoms. The van der Waals surface area contributed by atoms with Gasteiger partial charge < -0.3 is 9.80 Å². The number of hydrogen-bond donors (Lipinski definition) is 1. The Labute approximate surface area is 176 Å². The highest BCUT2D eigenvalue weighted by molar-refractivity contribution is 5.77. The van der Waals surface area contributed by atoms with Crippen LogP contribution in [0.3, 0.4) is 0 Å². The van der Waals surface area contributed by atoms with Crippen LogP contribution in [0, 0.1) is 6.92 Å². The average Bonchev–Trinajstić information content (AvgIpc) is 3.40. The molecule has 2 aromatic rings. The zero-order chi connectivity index (χ0) is 21.3. The molecular formula is C22H31N5O3. The van der Waals surface area contributed by atoms with Gasteiger partial charge in [-0.15, -0.1) is 0 Å². The van der Waals surface area contributed by atoms with Crippen LogP contribution < -0.4 is 5.56 Å². The van der Waals surface area contributed by atoms with Gasteiger partial charge in [0.25, 0.3) is 5.56 Å². The van der Waals surface area contributed by atoms with Crippen LogP contribution in [0.1, 0.15) is 74.9 Å². The van der Waals surface area contributed by atoms with Crippen molar-refractivity contribution in [3.8, 4) is 0 Å². The summed E-state index contributed by atoms with van der Waals surface area (Å²) in [6.07, 6.45) is 6.34. The molecule has 162 valence electrons. The smallest absolute Gasteiger partial charge is 0.276 e. The molecule has 2 aromatic heterocycles. The maximum absolute atomic E-state index is 13.1. The van der Waals surface area contributed by atoms with Crippen molar-refractivity contribution < 1.29 is 9.59 Å². The Morgan fingerprint density at radius 2 is 1.90 bits per heavy atom. The summed E-state index contributed by atoms with van der Waals surface area (Å²) in [7, 11) is 0. The quantitative estimate of drug-likeness (QED) is 0.815. The summed E-state index contributed by atoms with van der Waals surface area (Å²) < 4.78 is 1.47. The second kappa shape index (κ2) is 8.62. The molecule has 0 saturated carbocycles. The zero-order valence-electron chi connectivity index (χ0n) is 17.9. The molecule has 0 aliphatic carbocycles. The maximum atomic E-state index is 13.1. The lowest BCUT2D eigenvalue weighted by Crippen LogP contribution is -2.36. The van der Waals surface area contributed by atoms with Gasteiger partial charge in [0.2, 0.25) is 11.8 Å². The third-order valence-corrected chi connectivity index (χ3v) is 6.47. The molecule has 1 atom stereocenters. The number of carbonyl (C=O) groups is 2. The Bertz CT molecular complexity index is 1000. The first-order valence-electron chi connectivity index (χ1n) is 11.2. The second-order valence-electron chi connectivity index (χ2n) is 8.43.